The number of fused-ring (bicyclic) bond motifs is 1. The van der Waals surface area contributed by atoms with E-state index in [9.17, 15) is 18.9 Å². The molecule has 2 aliphatic rings. The highest BCUT2D eigenvalue weighted by atomic mass is 32.2. The van der Waals surface area contributed by atoms with E-state index in [0.29, 0.717) is 18.6 Å². The molecule has 2 saturated heterocycles. The molecule has 11 heteroatoms. The standard InChI is InChI=1S/C12H19N2O7PS/c15-9(5-22(19,20)21)14-7-6-23-8(11(7)13-12(14)18)3-1-2-4-10(16)17/h7-8,11H,1-6H2,(H,13,18)(H,16,17)(H2,19,20,21)/t7-,8-,11-/m0/s1. The van der Waals surface area contributed by atoms with Crippen molar-refractivity contribution in [2.45, 2.75) is 43.0 Å². The van der Waals surface area contributed by atoms with Gasteiger partial charge in [-0.3, -0.25) is 19.1 Å². The van der Waals surface area contributed by atoms with Crippen LogP contribution in [0.15, 0.2) is 0 Å². The molecule has 130 valence electrons. The summed E-state index contributed by atoms with van der Waals surface area (Å²) in [5.41, 5.74) is 0. The second kappa shape index (κ2) is 7.21. The molecule has 3 atom stereocenters. The number of carboxylic acids is 1. The second-order valence-electron chi connectivity index (χ2n) is 5.64. The van der Waals surface area contributed by atoms with Crippen molar-refractivity contribution in [1.82, 2.24) is 10.2 Å². The van der Waals surface area contributed by atoms with E-state index in [1.165, 1.54) is 0 Å². The van der Waals surface area contributed by atoms with E-state index >= 15 is 0 Å². The monoisotopic (exact) mass is 366 g/mol. The number of hydrogen-bond donors (Lipinski definition) is 4. The van der Waals surface area contributed by atoms with E-state index in [2.05, 4.69) is 5.32 Å². The van der Waals surface area contributed by atoms with Crippen LogP contribution in [-0.4, -0.2) is 66.9 Å². The van der Waals surface area contributed by atoms with Gasteiger partial charge in [0.15, 0.2) is 0 Å². The molecule has 2 aliphatic heterocycles. The number of nitrogens with one attached hydrogen (secondary N) is 1. The average molecular weight is 366 g/mol. The van der Waals surface area contributed by atoms with Gasteiger partial charge in [0.25, 0.3) is 0 Å². The Morgan fingerprint density at radius 2 is 2.04 bits per heavy atom. The van der Waals surface area contributed by atoms with E-state index in [1.54, 1.807) is 11.8 Å². The number of urea groups is 1. The molecule has 0 bridgehead atoms. The number of carbonyl (C=O) groups excluding carboxylic acids is 2. The largest absolute Gasteiger partial charge is 0.481 e. The minimum Gasteiger partial charge on any atom is -0.481 e. The zero-order chi connectivity index (χ0) is 17.2. The van der Waals surface area contributed by atoms with Crippen molar-refractivity contribution >= 4 is 37.3 Å². The summed E-state index contributed by atoms with van der Waals surface area (Å²) in [4.78, 5) is 53.1. The van der Waals surface area contributed by atoms with Crippen molar-refractivity contribution in [3.05, 3.63) is 0 Å². The van der Waals surface area contributed by atoms with Crippen LogP contribution >= 0.6 is 19.4 Å². The average Bonchev–Trinajstić information content (AvgIpc) is 2.90. The first kappa shape index (κ1) is 18.3. The summed E-state index contributed by atoms with van der Waals surface area (Å²) in [5, 5.41) is 11.4. The summed E-state index contributed by atoms with van der Waals surface area (Å²) >= 11 is 1.58. The number of amides is 3. The Hall–Kier alpha value is -1.09. The van der Waals surface area contributed by atoms with Gasteiger partial charge in [-0.15, -0.1) is 0 Å². The molecular formula is C12H19N2O7PS. The number of nitrogens with zero attached hydrogens (tertiary/aromatic N) is 1. The Morgan fingerprint density at radius 3 is 2.65 bits per heavy atom. The predicted molar refractivity (Wildman–Crippen MR) is 82.2 cm³/mol. The highest BCUT2D eigenvalue weighted by Crippen LogP contribution is 2.39. The fourth-order valence-electron chi connectivity index (χ4n) is 2.90. The van der Waals surface area contributed by atoms with E-state index in [-0.39, 0.29) is 17.7 Å². The van der Waals surface area contributed by atoms with E-state index in [1.807, 2.05) is 0 Å². The Balaban J connectivity index is 1.91. The normalized spacial score (nSPS) is 27.0. The molecule has 0 aromatic rings. The van der Waals surface area contributed by atoms with Crippen molar-refractivity contribution in [3.8, 4) is 0 Å². The number of thioether (sulfide) groups is 1. The molecule has 2 heterocycles. The minimum atomic E-state index is -4.52. The van der Waals surface area contributed by atoms with Crippen molar-refractivity contribution in [3.63, 3.8) is 0 Å². The fourth-order valence-corrected chi connectivity index (χ4v) is 5.00. The van der Waals surface area contributed by atoms with Gasteiger partial charge in [-0.25, -0.2) is 4.79 Å². The van der Waals surface area contributed by atoms with Crippen LogP contribution in [-0.2, 0) is 14.2 Å². The van der Waals surface area contributed by atoms with Gasteiger partial charge in [0.1, 0.15) is 6.16 Å². The summed E-state index contributed by atoms with van der Waals surface area (Å²) in [6.45, 7) is 0. The molecule has 3 amide bonds. The number of carbonyl (C=O) groups is 3. The van der Waals surface area contributed by atoms with Gasteiger partial charge in [-0.2, -0.15) is 11.8 Å². The van der Waals surface area contributed by atoms with Crippen molar-refractivity contribution < 1.29 is 33.8 Å². The highest BCUT2D eigenvalue weighted by Gasteiger charge is 2.50. The lowest BCUT2D eigenvalue weighted by Gasteiger charge is -2.20. The van der Waals surface area contributed by atoms with E-state index in [0.717, 1.165) is 11.3 Å². The van der Waals surface area contributed by atoms with Gasteiger partial charge < -0.3 is 20.2 Å². The smallest absolute Gasteiger partial charge is 0.334 e. The van der Waals surface area contributed by atoms with Gasteiger partial charge >= 0.3 is 19.6 Å². The van der Waals surface area contributed by atoms with Crippen LogP contribution in [0.4, 0.5) is 4.79 Å². The quantitative estimate of drug-likeness (QED) is 0.284. The Labute approximate surface area is 137 Å². The minimum absolute atomic E-state index is 0.0746. The molecular weight excluding hydrogens is 347 g/mol. The van der Waals surface area contributed by atoms with Gasteiger partial charge in [-0.05, 0) is 12.8 Å². The number of unbranched alkanes of at least 4 members (excludes halogenated alkanes) is 1. The summed E-state index contributed by atoms with van der Waals surface area (Å²) in [5.74, 6) is -1.19. The fraction of sp³-hybridized carbons (Fsp3) is 0.750. The number of carboxylic acid groups (broad SMARTS) is 1. The second-order valence-corrected chi connectivity index (χ2v) is 8.56. The first-order chi connectivity index (χ1) is 10.7. The van der Waals surface area contributed by atoms with Crippen LogP contribution < -0.4 is 5.32 Å². The van der Waals surface area contributed by atoms with Crippen molar-refractivity contribution in [1.29, 1.82) is 0 Å². The highest BCUT2D eigenvalue weighted by molar-refractivity contribution is 8.00. The molecule has 23 heavy (non-hydrogen) atoms. The summed E-state index contributed by atoms with van der Waals surface area (Å²) in [6, 6.07) is -1.27. The van der Waals surface area contributed by atoms with E-state index < -0.39 is 37.7 Å². The maximum Gasteiger partial charge on any atom is 0.334 e. The molecule has 9 nitrogen and oxygen atoms in total. The SMILES string of the molecule is O=C(O)CCCC[C@@H]1SC[C@H]2[C@@H]1NC(=O)N2C(=O)CP(=O)(O)O. The molecule has 0 spiro atoms. The van der Waals surface area contributed by atoms with Crippen LogP contribution in [0.5, 0.6) is 0 Å². The summed E-state index contributed by atoms with van der Waals surface area (Å²) in [6.07, 6.45) is 1.11. The maximum absolute atomic E-state index is 12.0. The Morgan fingerprint density at radius 1 is 1.35 bits per heavy atom. The van der Waals surface area contributed by atoms with Crippen LogP contribution in [0, 0.1) is 0 Å². The lowest BCUT2D eigenvalue weighted by Crippen LogP contribution is -2.42. The predicted octanol–water partition coefficient (Wildman–Crippen LogP) is 0.214. The van der Waals surface area contributed by atoms with Gasteiger partial charge in [0, 0.05) is 17.4 Å². The van der Waals surface area contributed by atoms with Gasteiger partial charge in [0.2, 0.25) is 5.91 Å². The number of imide groups is 1. The Bertz CT molecular complexity index is 552. The number of aliphatic carboxylic acids is 1. The molecule has 0 radical (unpaired) electrons. The Kier molecular flexibility index (Phi) is 5.72. The van der Waals surface area contributed by atoms with Crippen molar-refractivity contribution in [2.24, 2.45) is 0 Å². The van der Waals surface area contributed by atoms with Crippen LogP contribution in [0.2, 0.25) is 0 Å². The molecule has 0 aliphatic carbocycles. The molecule has 0 aromatic carbocycles. The molecule has 0 unspecified atom stereocenters. The zero-order valence-corrected chi connectivity index (χ0v) is 14.0. The van der Waals surface area contributed by atoms with Crippen LogP contribution in [0.3, 0.4) is 0 Å². The molecule has 0 aromatic heterocycles. The van der Waals surface area contributed by atoms with Crippen LogP contribution in [0.25, 0.3) is 0 Å². The lowest BCUT2D eigenvalue weighted by atomic mass is 10.0. The third kappa shape index (κ3) is 4.69. The number of rotatable bonds is 7. The topological polar surface area (TPSA) is 144 Å². The number of hydrogen-bond acceptors (Lipinski definition) is 5. The first-order valence-electron chi connectivity index (χ1n) is 7.19. The molecule has 2 rings (SSSR count). The summed E-state index contributed by atoms with van der Waals surface area (Å²) < 4.78 is 11.0. The third-order valence-electron chi connectivity index (χ3n) is 3.88. The molecule has 2 fully saturated rings. The van der Waals surface area contributed by atoms with Gasteiger partial charge in [-0.1, -0.05) is 6.42 Å². The lowest BCUT2D eigenvalue weighted by molar-refractivity contribution is -0.137. The molecule has 4 N–H and O–H groups in total. The third-order valence-corrected chi connectivity index (χ3v) is 6.05. The van der Waals surface area contributed by atoms with Gasteiger partial charge in [0.05, 0.1) is 12.1 Å². The van der Waals surface area contributed by atoms with E-state index in [4.69, 9.17) is 14.9 Å². The molecule has 0 saturated carbocycles. The summed E-state index contributed by atoms with van der Waals surface area (Å²) in [7, 11) is -4.52. The van der Waals surface area contributed by atoms with Crippen LogP contribution in [0.1, 0.15) is 25.7 Å². The van der Waals surface area contributed by atoms with Crippen molar-refractivity contribution in [2.75, 3.05) is 11.9 Å². The maximum atomic E-state index is 12.0. The first-order valence-corrected chi connectivity index (χ1v) is 10.0. The zero-order valence-electron chi connectivity index (χ0n) is 12.3.